The second-order valence-electron chi connectivity index (χ2n) is 10.9. The molecule has 6 rings (SSSR count). The summed E-state index contributed by atoms with van der Waals surface area (Å²) in [5, 5.41) is 0. The first-order valence-electron chi connectivity index (χ1n) is 13.9. The zero-order chi connectivity index (χ0) is 28.6. The fourth-order valence-electron chi connectivity index (χ4n) is 6.40. The molecule has 0 spiro atoms. The van der Waals surface area contributed by atoms with Gasteiger partial charge < -0.3 is 4.90 Å². The van der Waals surface area contributed by atoms with Crippen molar-refractivity contribution in [3.63, 3.8) is 0 Å². The minimum Gasteiger partial charge on any atom is -0.333 e. The van der Waals surface area contributed by atoms with Gasteiger partial charge in [-0.1, -0.05) is 84.9 Å². The highest BCUT2D eigenvalue weighted by molar-refractivity contribution is 5.79. The highest BCUT2D eigenvalue weighted by Crippen LogP contribution is 2.42. The molecule has 0 saturated heterocycles. The maximum atomic E-state index is 14.8. The van der Waals surface area contributed by atoms with E-state index in [1.165, 1.54) is 18.2 Å². The van der Waals surface area contributed by atoms with E-state index in [1.54, 1.807) is 29.2 Å². The summed E-state index contributed by atoms with van der Waals surface area (Å²) >= 11 is 0. The SMILES string of the molecule is O=C(CN1CCc2ccccc2C1c1ccccc1C(F)(F)F)N(Cc1ccccc1F)C1Cc2ccccc2C1. The second kappa shape index (κ2) is 11.1. The van der Waals surface area contributed by atoms with Crippen molar-refractivity contribution in [1.82, 2.24) is 9.80 Å². The molecule has 1 atom stereocenters. The van der Waals surface area contributed by atoms with Crippen molar-refractivity contribution in [2.45, 2.75) is 44.1 Å². The molecule has 0 fully saturated rings. The zero-order valence-corrected chi connectivity index (χ0v) is 22.4. The van der Waals surface area contributed by atoms with Crippen LogP contribution in [0, 0.1) is 5.82 Å². The highest BCUT2D eigenvalue weighted by Gasteiger charge is 2.40. The van der Waals surface area contributed by atoms with Crippen molar-refractivity contribution in [2.75, 3.05) is 13.1 Å². The third kappa shape index (κ3) is 5.51. The lowest BCUT2D eigenvalue weighted by atomic mass is 9.86. The first-order chi connectivity index (χ1) is 19.8. The van der Waals surface area contributed by atoms with Gasteiger partial charge in [0.15, 0.2) is 0 Å². The molecule has 1 amide bonds. The lowest BCUT2D eigenvalue weighted by Crippen LogP contribution is -2.48. The average molecular weight is 559 g/mol. The number of alkyl halides is 3. The van der Waals surface area contributed by atoms with Crippen LogP contribution >= 0.6 is 0 Å². The summed E-state index contributed by atoms with van der Waals surface area (Å²) in [6.45, 7) is 0.447. The second-order valence-corrected chi connectivity index (χ2v) is 10.9. The number of hydrogen-bond acceptors (Lipinski definition) is 2. The normalized spacial score (nSPS) is 17.2. The average Bonchev–Trinajstić information content (AvgIpc) is 3.40. The zero-order valence-electron chi connectivity index (χ0n) is 22.4. The molecular weight excluding hydrogens is 528 g/mol. The molecule has 0 N–H and O–H groups in total. The molecule has 2 aliphatic rings. The van der Waals surface area contributed by atoms with Crippen molar-refractivity contribution in [2.24, 2.45) is 0 Å². The van der Waals surface area contributed by atoms with E-state index < -0.39 is 17.8 Å². The Balaban J connectivity index is 1.35. The van der Waals surface area contributed by atoms with E-state index in [-0.39, 0.29) is 36.4 Å². The number of hydrogen-bond donors (Lipinski definition) is 0. The number of rotatable bonds is 6. The number of carbonyl (C=O) groups is 1. The quantitative estimate of drug-likeness (QED) is 0.238. The van der Waals surface area contributed by atoms with Crippen LogP contribution in [-0.2, 0) is 36.8 Å². The Morgan fingerprint density at radius 1 is 0.780 bits per heavy atom. The van der Waals surface area contributed by atoms with Gasteiger partial charge in [-0.05, 0) is 59.2 Å². The fourth-order valence-corrected chi connectivity index (χ4v) is 6.40. The number of amides is 1. The van der Waals surface area contributed by atoms with E-state index in [0.29, 0.717) is 31.4 Å². The minimum atomic E-state index is -4.54. The van der Waals surface area contributed by atoms with E-state index >= 15 is 0 Å². The molecule has 1 aliphatic heterocycles. The summed E-state index contributed by atoms with van der Waals surface area (Å²) in [6, 6.07) is 26.7. The maximum absolute atomic E-state index is 14.8. The molecule has 0 bridgehead atoms. The van der Waals surface area contributed by atoms with Gasteiger partial charge in [-0.15, -0.1) is 0 Å². The molecular formula is C34H30F4N2O. The Morgan fingerprint density at radius 3 is 2.05 bits per heavy atom. The fraction of sp³-hybridized carbons (Fsp3) is 0.265. The highest BCUT2D eigenvalue weighted by atomic mass is 19.4. The number of carbonyl (C=O) groups excluding carboxylic acids is 1. The Bertz CT molecular complexity index is 1540. The van der Waals surface area contributed by atoms with Crippen molar-refractivity contribution in [3.05, 3.63) is 142 Å². The molecule has 1 heterocycles. The van der Waals surface area contributed by atoms with E-state index in [2.05, 4.69) is 0 Å². The Kier molecular flexibility index (Phi) is 7.39. The minimum absolute atomic E-state index is 0.0769. The summed E-state index contributed by atoms with van der Waals surface area (Å²) in [7, 11) is 0. The van der Waals surface area contributed by atoms with E-state index in [1.807, 2.05) is 53.4 Å². The molecule has 4 aromatic carbocycles. The van der Waals surface area contributed by atoms with Crippen LogP contribution in [-0.4, -0.2) is 34.8 Å². The molecule has 1 aliphatic carbocycles. The van der Waals surface area contributed by atoms with E-state index in [4.69, 9.17) is 0 Å². The summed E-state index contributed by atoms with van der Waals surface area (Å²) in [5.74, 6) is -0.607. The van der Waals surface area contributed by atoms with Gasteiger partial charge >= 0.3 is 6.18 Å². The smallest absolute Gasteiger partial charge is 0.333 e. The Morgan fingerprint density at radius 2 is 1.37 bits per heavy atom. The third-order valence-corrected chi connectivity index (χ3v) is 8.37. The van der Waals surface area contributed by atoms with Gasteiger partial charge in [-0.25, -0.2) is 4.39 Å². The van der Waals surface area contributed by atoms with Crippen molar-refractivity contribution in [1.29, 1.82) is 0 Å². The molecule has 0 aromatic heterocycles. The summed E-state index contributed by atoms with van der Waals surface area (Å²) in [4.78, 5) is 17.8. The Labute approximate surface area is 237 Å². The molecule has 210 valence electrons. The van der Waals surface area contributed by atoms with Gasteiger partial charge in [-0.2, -0.15) is 13.2 Å². The molecule has 0 radical (unpaired) electrons. The number of halogens is 4. The van der Waals surface area contributed by atoms with Crippen LogP contribution in [0.25, 0.3) is 0 Å². The van der Waals surface area contributed by atoms with Crippen molar-refractivity contribution >= 4 is 5.91 Å². The van der Waals surface area contributed by atoms with Gasteiger partial charge in [0.25, 0.3) is 0 Å². The monoisotopic (exact) mass is 558 g/mol. The van der Waals surface area contributed by atoms with Crippen LogP contribution in [0.3, 0.4) is 0 Å². The van der Waals surface area contributed by atoms with Gasteiger partial charge in [-0.3, -0.25) is 9.69 Å². The largest absolute Gasteiger partial charge is 0.416 e. The number of nitrogens with zero attached hydrogens (tertiary/aromatic N) is 2. The lowest BCUT2D eigenvalue weighted by Gasteiger charge is -2.40. The van der Waals surface area contributed by atoms with Crippen LogP contribution in [0.2, 0.25) is 0 Å². The molecule has 0 saturated carbocycles. The topological polar surface area (TPSA) is 23.6 Å². The Hall–Kier alpha value is -3.97. The molecule has 4 aromatic rings. The van der Waals surface area contributed by atoms with E-state index in [0.717, 1.165) is 28.3 Å². The van der Waals surface area contributed by atoms with Crippen molar-refractivity contribution < 1.29 is 22.4 Å². The number of benzene rings is 4. The molecule has 41 heavy (non-hydrogen) atoms. The molecule has 3 nitrogen and oxygen atoms in total. The van der Waals surface area contributed by atoms with Gasteiger partial charge in [0.2, 0.25) is 5.91 Å². The summed E-state index contributed by atoms with van der Waals surface area (Å²) in [6.07, 6.45) is -2.61. The third-order valence-electron chi connectivity index (χ3n) is 8.37. The van der Waals surface area contributed by atoms with Crippen LogP contribution in [0.4, 0.5) is 17.6 Å². The van der Waals surface area contributed by atoms with Crippen LogP contribution in [0.1, 0.15) is 45.0 Å². The summed E-state index contributed by atoms with van der Waals surface area (Å²) < 4.78 is 57.3. The van der Waals surface area contributed by atoms with Crippen molar-refractivity contribution in [3.8, 4) is 0 Å². The first-order valence-corrected chi connectivity index (χ1v) is 13.9. The molecule has 7 heteroatoms. The summed E-state index contributed by atoms with van der Waals surface area (Å²) in [5.41, 5.74) is 3.92. The lowest BCUT2D eigenvalue weighted by molar-refractivity contribution is -0.138. The van der Waals surface area contributed by atoms with E-state index in [9.17, 15) is 22.4 Å². The predicted octanol–water partition coefficient (Wildman–Crippen LogP) is 6.99. The first kappa shape index (κ1) is 27.2. The van der Waals surface area contributed by atoms with Gasteiger partial charge in [0, 0.05) is 24.7 Å². The maximum Gasteiger partial charge on any atom is 0.416 e. The standard InChI is InChI=1S/C34H30F4N2O/c35-31-16-8-4-12-26(31)21-40(27-19-24-10-1-2-11-25(24)20-27)32(41)22-39-18-17-23-9-3-5-13-28(23)33(39)29-14-6-7-15-30(29)34(36,37)38/h1-16,27,33H,17-22H2. The van der Waals surface area contributed by atoms with Gasteiger partial charge in [0.1, 0.15) is 5.82 Å². The van der Waals surface area contributed by atoms with Crippen LogP contribution < -0.4 is 0 Å². The number of fused-ring (bicyclic) bond motifs is 2. The van der Waals surface area contributed by atoms with Crippen LogP contribution in [0.15, 0.2) is 97.1 Å². The predicted molar refractivity (Wildman–Crippen MR) is 150 cm³/mol. The van der Waals surface area contributed by atoms with Gasteiger partial charge in [0.05, 0.1) is 18.2 Å². The van der Waals surface area contributed by atoms with Crippen LogP contribution in [0.5, 0.6) is 0 Å². The molecule has 1 unspecified atom stereocenters.